The Balaban J connectivity index is 0.000000340. The van der Waals surface area contributed by atoms with Gasteiger partial charge >= 0.3 is 11.9 Å². The maximum Gasteiger partial charge on any atom is 0.328 e. The average molecular weight is 695 g/mol. The second-order valence-corrected chi connectivity index (χ2v) is 12.2. The molecular weight excluding hydrogens is 647 g/mol. The molecule has 4 rings (SSSR count). The van der Waals surface area contributed by atoms with Gasteiger partial charge in [-0.15, -0.1) is 0 Å². The standard InChI is InChI=1S/C16H21NO3.C8H15IO2.C8H7NO.CH4/c1-4-20-16(19)14(9-11(2)3)17-10-12-7-5-6-8-13(12)15(17)18;1-4-11-8(10)7(9)5-6(2)3;10-8-7-4-2-1-3-6(7)5-9-8;/h5-8,11,14H,4,9-10H2,1-3H3;6-7H,4-5H2,1-3H3;1-4H,5H2,(H,9,10);1H4. The normalized spacial score (nSPS) is 14.3. The van der Waals surface area contributed by atoms with Gasteiger partial charge in [-0.2, -0.15) is 0 Å². The van der Waals surface area contributed by atoms with Crippen LogP contribution in [0.5, 0.6) is 0 Å². The fraction of sp³-hybridized carbons (Fsp3) is 0.515. The quantitative estimate of drug-likeness (QED) is 0.181. The van der Waals surface area contributed by atoms with Gasteiger partial charge < -0.3 is 19.7 Å². The number of nitrogens with one attached hydrogen (secondary N) is 1. The van der Waals surface area contributed by atoms with Gasteiger partial charge in [0, 0.05) is 24.2 Å². The Morgan fingerprint density at radius 1 is 0.833 bits per heavy atom. The fourth-order valence-corrected chi connectivity index (χ4v) is 5.67. The van der Waals surface area contributed by atoms with Crippen LogP contribution in [0.1, 0.15) is 93.7 Å². The first-order chi connectivity index (χ1) is 19.5. The lowest BCUT2D eigenvalue weighted by Gasteiger charge is -2.27. The summed E-state index contributed by atoms with van der Waals surface area (Å²) in [5.41, 5.74) is 3.61. The van der Waals surface area contributed by atoms with Crippen LogP contribution in [0.25, 0.3) is 0 Å². The minimum Gasteiger partial charge on any atom is -0.465 e. The molecule has 2 aliphatic rings. The van der Waals surface area contributed by atoms with Gasteiger partial charge in [-0.1, -0.05) is 94.1 Å². The Morgan fingerprint density at radius 2 is 1.36 bits per heavy atom. The Labute approximate surface area is 265 Å². The highest BCUT2D eigenvalue weighted by molar-refractivity contribution is 14.1. The molecule has 0 aromatic heterocycles. The second-order valence-electron chi connectivity index (χ2n) is 10.7. The lowest BCUT2D eigenvalue weighted by molar-refractivity contribution is -0.149. The van der Waals surface area contributed by atoms with E-state index < -0.39 is 6.04 Å². The molecule has 2 unspecified atom stereocenters. The van der Waals surface area contributed by atoms with Gasteiger partial charge in [-0.05, 0) is 61.8 Å². The highest BCUT2D eigenvalue weighted by Crippen LogP contribution is 2.27. The van der Waals surface area contributed by atoms with Crippen LogP contribution in [0.15, 0.2) is 48.5 Å². The van der Waals surface area contributed by atoms with Crippen LogP contribution in [0.3, 0.4) is 0 Å². The van der Waals surface area contributed by atoms with Gasteiger partial charge in [0.25, 0.3) is 11.8 Å². The van der Waals surface area contributed by atoms with Gasteiger partial charge in [0.2, 0.25) is 0 Å². The number of nitrogens with zero attached hydrogens (tertiary/aromatic N) is 1. The summed E-state index contributed by atoms with van der Waals surface area (Å²) in [6, 6.07) is 14.7. The number of fused-ring (bicyclic) bond motifs is 2. The van der Waals surface area contributed by atoms with Gasteiger partial charge in [-0.3, -0.25) is 14.4 Å². The van der Waals surface area contributed by atoms with E-state index in [0.29, 0.717) is 50.1 Å². The summed E-state index contributed by atoms with van der Waals surface area (Å²) >= 11 is 2.13. The van der Waals surface area contributed by atoms with E-state index in [2.05, 4.69) is 41.8 Å². The van der Waals surface area contributed by atoms with Crippen molar-refractivity contribution in [1.82, 2.24) is 10.2 Å². The summed E-state index contributed by atoms with van der Waals surface area (Å²) in [7, 11) is 0. The van der Waals surface area contributed by atoms with Gasteiger partial charge in [0.1, 0.15) is 9.97 Å². The third-order valence-corrected chi connectivity index (χ3v) is 7.42. The lowest BCUT2D eigenvalue weighted by atomic mass is 10.0. The van der Waals surface area contributed by atoms with Crippen LogP contribution in [0, 0.1) is 11.8 Å². The first kappa shape index (κ1) is 37.1. The molecule has 2 aromatic carbocycles. The smallest absolute Gasteiger partial charge is 0.328 e. The van der Waals surface area contributed by atoms with Gasteiger partial charge in [0.15, 0.2) is 0 Å². The van der Waals surface area contributed by atoms with Crippen LogP contribution in [-0.2, 0) is 32.2 Å². The number of halogens is 1. The van der Waals surface area contributed by atoms with Crippen molar-refractivity contribution in [3.8, 4) is 0 Å². The molecule has 2 atom stereocenters. The van der Waals surface area contributed by atoms with Crippen molar-refractivity contribution >= 4 is 46.3 Å². The molecule has 232 valence electrons. The van der Waals surface area contributed by atoms with Crippen molar-refractivity contribution in [2.45, 2.75) is 84.9 Å². The molecule has 0 fully saturated rings. The molecule has 0 spiro atoms. The van der Waals surface area contributed by atoms with Crippen molar-refractivity contribution < 1.29 is 28.7 Å². The molecule has 0 bridgehead atoms. The number of rotatable bonds is 9. The molecule has 1 N–H and O–H groups in total. The molecule has 2 amide bonds. The second kappa shape index (κ2) is 18.6. The Bertz CT molecular complexity index is 1180. The molecule has 0 radical (unpaired) electrons. The van der Waals surface area contributed by atoms with Crippen LogP contribution < -0.4 is 5.32 Å². The SMILES string of the molecule is C.CCOC(=O)C(CC(C)C)N1Cc2ccccc2C1=O.CCOC(=O)C(I)CC(C)C.O=C1NCc2ccccc21. The van der Waals surface area contributed by atoms with Gasteiger partial charge in [0.05, 0.1) is 13.2 Å². The lowest BCUT2D eigenvalue weighted by Crippen LogP contribution is -2.43. The van der Waals surface area contributed by atoms with Gasteiger partial charge in [-0.25, -0.2) is 4.79 Å². The number of hydrogen-bond donors (Lipinski definition) is 1. The van der Waals surface area contributed by atoms with Crippen LogP contribution in [-0.4, -0.2) is 51.8 Å². The Kier molecular flexibility index (Phi) is 16.4. The van der Waals surface area contributed by atoms with E-state index >= 15 is 0 Å². The summed E-state index contributed by atoms with van der Waals surface area (Å²) in [6.07, 6.45) is 1.53. The molecular formula is C33H47IN2O6. The first-order valence-electron chi connectivity index (χ1n) is 14.2. The molecule has 8 nitrogen and oxygen atoms in total. The van der Waals surface area contributed by atoms with E-state index in [-0.39, 0.29) is 35.1 Å². The number of ether oxygens (including phenoxy) is 2. The summed E-state index contributed by atoms with van der Waals surface area (Å²) in [6.45, 7) is 13.9. The van der Waals surface area contributed by atoms with Crippen LogP contribution in [0.4, 0.5) is 0 Å². The van der Waals surface area contributed by atoms with Crippen LogP contribution >= 0.6 is 22.6 Å². The number of carbonyl (C=O) groups is 4. The largest absolute Gasteiger partial charge is 0.465 e. The molecule has 0 saturated heterocycles. The Hall–Kier alpha value is -2.95. The summed E-state index contributed by atoms with van der Waals surface area (Å²) in [4.78, 5) is 48.2. The minimum atomic E-state index is -0.491. The summed E-state index contributed by atoms with van der Waals surface area (Å²) in [5.74, 6) is 0.473. The minimum absolute atomic E-state index is 0. The molecule has 0 saturated carbocycles. The zero-order valence-corrected chi connectivity index (χ0v) is 27.1. The number of carbonyl (C=O) groups excluding carboxylic acids is 4. The zero-order valence-electron chi connectivity index (χ0n) is 24.9. The molecule has 0 aliphatic carbocycles. The first-order valence-corrected chi connectivity index (χ1v) is 15.5. The zero-order chi connectivity index (χ0) is 30.5. The molecule has 9 heteroatoms. The highest BCUT2D eigenvalue weighted by atomic mass is 127. The summed E-state index contributed by atoms with van der Waals surface area (Å²) in [5, 5.41) is 2.75. The van der Waals surface area contributed by atoms with Crippen molar-refractivity contribution in [2.75, 3.05) is 13.2 Å². The van der Waals surface area contributed by atoms with Crippen molar-refractivity contribution in [3.05, 3.63) is 70.8 Å². The van der Waals surface area contributed by atoms with E-state index in [0.717, 1.165) is 23.1 Å². The predicted octanol–water partition coefficient (Wildman–Crippen LogP) is 6.59. The molecule has 42 heavy (non-hydrogen) atoms. The van der Waals surface area contributed by atoms with Crippen molar-refractivity contribution in [3.63, 3.8) is 0 Å². The van der Waals surface area contributed by atoms with E-state index in [9.17, 15) is 19.2 Å². The number of benzene rings is 2. The van der Waals surface area contributed by atoms with E-state index in [4.69, 9.17) is 9.47 Å². The van der Waals surface area contributed by atoms with E-state index in [1.54, 1.807) is 11.8 Å². The number of esters is 2. The van der Waals surface area contributed by atoms with Crippen molar-refractivity contribution in [1.29, 1.82) is 0 Å². The molecule has 2 aromatic rings. The third kappa shape index (κ3) is 11.0. The van der Waals surface area contributed by atoms with E-state index in [1.165, 1.54) is 0 Å². The predicted molar refractivity (Wildman–Crippen MR) is 174 cm³/mol. The molecule has 2 heterocycles. The highest BCUT2D eigenvalue weighted by Gasteiger charge is 2.37. The summed E-state index contributed by atoms with van der Waals surface area (Å²) < 4.78 is 10.0. The topological polar surface area (TPSA) is 102 Å². The Morgan fingerprint density at radius 3 is 1.88 bits per heavy atom. The van der Waals surface area contributed by atoms with E-state index in [1.807, 2.05) is 69.3 Å². The molecule has 2 aliphatic heterocycles. The number of amides is 2. The fourth-order valence-electron chi connectivity index (χ4n) is 4.47. The maximum absolute atomic E-state index is 12.4. The average Bonchev–Trinajstić information content (AvgIpc) is 3.47. The third-order valence-electron chi connectivity index (χ3n) is 6.40. The van der Waals surface area contributed by atoms with Crippen molar-refractivity contribution in [2.24, 2.45) is 11.8 Å². The number of hydrogen-bond acceptors (Lipinski definition) is 6. The monoisotopic (exact) mass is 694 g/mol. The maximum atomic E-state index is 12.4. The van der Waals surface area contributed by atoms with Crippen LogP contribution in [0.2, 0.25) is 0 Å². The number of alkyl halides is 1.